The second-order valence-corrected chi connectivity index (χ2v) is 6.02. The molecule has 1 fully saturated rings. The molecule has 1 spiro atoms. The predicted molar refractivity (Wildman–Crippen MR) is 88.3 cm³/mol. The van der Waals surface area contributed by atoms with Crippen molar-refractivity contribution < 1.29 is 19.1 Å². The Bertz CT molecular complexity index is 838. The van der Waals surface area contributed by atoms with Crippen LogP contribution in [0.2, 0.25) is 0 Å². The van der Waals surface area contributed by atoms with Crippen molar-refractivity contribution in [1.29, 1.82) is 0 Å². The van der Waals surface area contributed by atoms with Gasteiger partial charge in [-0.15, -0.1) is 0 Å². The zero-order valence-electron chi connectivity index (χ0n) is 13.0. The molecule has 0 unspecified atom stereocenters. The molecule has 0 saturated carbocycles. The van der Waals surface area contributed by atoms with Gasteiger partial charge in [-0.05, 0) is 29.3 Å². The van der Waals surface area contributed by atoms with Crippen molar-refractivity contribution in [3.8, 4) is 5.75 Å². The number of benzene rings is 2. The number of carbonyl (C=O) groups excluding carboxylic acids is 2. The van der Waals surface area contributed by atoms with Crippen LogP contribution in [-0.4, -0.2) is 11.8 Å². The van der Waals surface area contributed by atoms with E-state index < -0.39 is 5.60 Å². The summed E-state index contributed by atoms with van der Waals surface area (Å²) in [6.07, 6.45) is 3.89. The van der Waals surface area contributed by atoms with Gasteiger partial charge in [0.05, 0.1) is 6.42 Å². The molecule has 0 radical (unpaired) electrons. The molecule has 1 atom stereocenters. The van der Waals surface area contributed by atoms with E-state index >= 15 is 0 Å². The van der Waals surface area contributed by atoms with Crippen LogP contribution in [0.3, 0.4) is 0 Å². The number of ether oxygens (including phenoxy) is 2. The topological polar surface area (TPSA) is 52.6 Å². The van der Waals surface area contributed by atoms with Gasteiger partial charge < -0.3 is 9.47 Å². The van der Waals surface area contributed by atoms with Crippen LogP contribution >= 0.6 is 0 Å². The van der Waals surface area contributed by atoms with Crippen LogP contribution in [0, 0.1) is 0 Å². The van der Waals surface area contributed by atoms with Crippen LogP contribution in [0.25, 0.3) is 6.08 Å². The van der Waals surface area contributed by atoms with Gasteiger partial charge in [-0.1, -0.05) is 42.5 Å². The summed E-state index contributed by atoms with van der Waals surface area (Å²) in [6, 6.07) is 15.4. The van der Waals surface area contributed by atoms with Crippen molar-refractivity contribution in [2.24, 2.45) is 0 Å². The van der Waals surface area contributed by atoms with Crippen LogP contribution in [0.1, 0.15) is 29.5 Å². The molecular formula is C20H16O4. The molecular weight excluding hydrogens is 304 g/mol. The molecule has 4 rings (SSSR count). The van der Waals surface area contributed by atoms with Gasteiger partial charge in [-0.3, -0.25) is 9.59 Å². The fourth-order valence-electron chi connectivity index (χ4n) is 3.23. The van der Waals surface area contributed by atoms with Crippen LogP contribution in [0.5, 0.6) is 5.75 Å². The maximum Gasteiger partial charge on any atom is 0.307 e. The fraction of sp³-hybridized carbons (Fsp3) is 0.200. The molecule has 1 saturated heterocycles. The summed E-state index contributed by atoms with van der Waals surface area (Å²) < 4.78 is 11.3. The van der Waals surface area contributed by atoms with Crippen molar-refractivity contribution >= 4 is 17.8 Å². The first kappa shape index (κ1) is 14.7. The quantitative estimate of drug-likeness (QED) is 0.814. The number of hydrogen-bond acceptors (Lipinski definition) is 4. The van der Waals surface area contributed by atoms with Crippen molar-refractivity contribution in [2.45, 2.75) is 25.0 Å². The van der Waals surface area contributed by atoms with Crippen molar-refractivity contribution in [2.75, 3.05) is 0 Å². The second kappa shape index (κ2) is 5.64. The van der Waals surface area contributed by atoms with E-state index in [4.69, 9.17) is 9.47 Å². The Morgan fingerprint density at radius 2 is 1.88 bits per heavy atom. The van der Waals surface area contributed by atoms with E-state index in [0.717, 1.165) is 11.1 Å². The summed E-state index contributed by atoms with van der Waals surface area (Å²) in [5, 5.41) is 0. The van der Waals surface area contributed by atoms with E-state index in [9.17, 15) is 9.59 Å². The van der Waals surface area contributed by atoms with Crippen LogP contribution < -0.4 is 4.74 Å². The maximum absolute atomic E-state index is 12.4. The first-order valence-corrected chi connectivity index (χ1v) is 7.93. The van der Waals surface area contributed by atoms with Crippen LogP contribution in [0.15, 0.2) is 54.6 Å². The van der Waals surface area contributed by atoms with Gasteiger partial charge in [-0.25, -0.2) is 0 Å². The Morgan fingerprint density at radius 3 is 2.62 bits per heavy atom. The van der Waals surface area contributed by atoms with Crippen molar-refractivity contribution in [3.63, 3.8) is 0 Å². The third-order valence-electron chi connectivity index (χ3n) is 4.49. The monoisotopic (exact) mass is 320 g/mol. The first-order valence-electron chi connectivity index (χ1n) is 7.93. The minimum Gasteiger partial charge on any atom is -0.489 e. The zero-order chi connectivity index (χ0) is 16.6. The van der Waals surface area contributed by atoms with E-state index in [1.54, 1.807) is 6.08 Å². The molecule has 2 aliphatic rings. The average Bonchev–Trinajstić information content (AvgIpc) is 3.01. The highest BCUT2D eigenvalue weighted by Crippen LogP contribution is 2.43. The van der Waals surface area contributed by atoms with Crippen LogP contribution in [0.4, 0.5) is 0 Å². The molecule has 2 aromatic carbocycles. The lowest BCUT2D eigenvalue weighted by Crippen LogP contribution is -2.36. The molecule has 1 aliphatic carbocycles. The molecule has 1 heterocycles. The third-order valence-corrected chi connectivity index (χ3v) is 4.49. The Morgan fingerprint density at radius 1 is 1.04 bits per heavy atom. The van der Waals surface area contributed by atoms with Crippen molar-refractivity contribution in [3.05, 3.63) is 71.3 Å². The molecule has 4 heteroatoms. The molecule has 2 aromatic rings. The maximum atomic E-state index is 12.4. The van der Waals surface area contributed by atoms with E-state index in [2.05, 4.69) is 0 Å². The lowest BCUT2D eigenvalue weighted by atomic mass is 9.80. The Kier molecular flexibility index (Phi) is 3.45. The van der Waals surface area contributed by atoms with Crippen molar-refractivity contribution in [1.82, 2.24) is 0 Å². The summed E-state index contributed by atoms with van der Waals surface area (Å²) in [4.78, 5) is 24.1. The summed E-state index contributed by atoms with van der Waals surface area (Å²) in [6.45, 7) is 0.441. The largest absolute Gasteiger partial charge is 0.489 e. The molecule has 0 aromatic heterocycles. The molecule has 1 aliphatic heterocycles. The highest BCUT2D eigenvalue weighted by atomic mass is 16.6. The summed E-state index contributed by atoms with van der Waals surface area (Å²) >= 11 is 0. The smallest absolute Gasteiger partial charge is 0.307 e. The molecule has 4 nitrogen and oxygen atoms in total. The SMILES string of the molecule is O=C1CC[C@@]2(O1)C(=O)C=Cc1ccc(OCc3ccccc3)cc12. The lowest BCUT2D eigenvalue weighted by Gasteiger charge is -2.30. The number of fused-ring (bicyclic) bond motifs is 2. The van der Waals surface area contributed by atoms with Gasteiger partial charge >= 0.3 is 5.97 Å². The number of ketones is 1. The fourth-order valence-corrected chi connectivity index (χ4v) is 3.23. The van der Waals surface area contributed by atoms with Gasteiger partial charge in [0, 0.05) is 12.0 Å². The van der Waals surface area contributed by atoms with E-state index in [-0.39, 0.29) is 18.2 Å². The van der Waals surface area contributed by atoms with E-state index in [0.29, 0.717) is 24.3 Å². The summed E-state index contributed by atoms with van der Waals surface area (Å²) in [5.41, 5.74) is 1.49. The highest BCUT2D eigenvalue weighted by molar-refractivity contribution is 6.06. The standard InChI is InChI=1S/C20H16O4/c21-18-9-7-15-6-8-16(23-13-14-4-2-1-3-5-14)12-17(15)20(18)11-10-19(22)24-20/h1-9,12H,10-11,13H2/t20-/m0/s1. The first-order chi connectivity index (χ1) is 11.7. The van der Waals surface area contributed by atoms with Gasteiger partial charge in [0.1, 0.15) is 12.4 Å². The molecule has 24 heavy (non-hydrogen) atoms. The zero-order valence-corrected chi connectivity index (χ0v) is 13.0. The summed E-state index contributed by atoms with van der Waals surface area (Å²) in [5.74, 6) is 0.143. The van der Waals surface area contributed by atoms with Gasteiger partial charge in [0.25, 0.3) is 0 Å². The number of rotatable bonds is 3. The Balaban J connectivity index is 1.65. The minimum absolute atomic E-state index is 0.180. The number of esters is 1. The molecule has 0 bridgehead atoms. The Labute approximate surface area is 139 Å². The second-order valence-electron chi connectivity index (χ2n) is 6.02. The average molecular weight is 320 g/mol. The summed E-state index contributed by atoms with van der Waals surface area (Å²) in [7, 11) is 0. The number of hydrogen-bond donors (Lipinski definition) is 0. The number of carbonyl (C=O) groups is 2. The molecule has 0 N–H and O–H groups in total. The lowest BCUT2D eigenvalue weighted by molar-refractivity contribution is -0.156. The predicted octanol–water partition coefficient (Wildman–Crippen LogP) is 3.39. The third kappa shape index (κ3) is 2.40. The Hall–Kier alpha value is -2.88. The van der Waals surface area contributed by atoms with Gasteiger partial charge in [0.15, 0.2) is 5.60 Å². The molecule has 120 valence electrons. The van der Waals surface area contributed by atoms with E-state index in [1.165, 1.54) is 6.08 Å². The minimum atomic E-state index is -1.17. The normalized spacial score (nSPS) is 21.7. The van der Waals surface area contributed by atoms with Gasteiger partial charge in [-0.2, -0.15) is 0 Å². The van der Waals surface area contributed by atoms with Gasteiger partial charge in [0.2, 0.25) is 5.78 Å². The van der Waals surface area contributed by atoms with Crippen LogP contribution in [-0.2, 0) is 26.5 Å². The van der Waals surface area contributed by atoms with E-state index in [1.807, 2.05) is 48.5 Å². The molecule has 0 amide bonds. The highest BCUT2D eigenvalue weighted by Gasteiger charge is 2.49.